The molecule has 0 saturated carbocycles. The predicted octanol–water partition coefficient (Wildman–Crippen LogP) is 1.69. The second-order valence-electron chi connectivity index (χ2n) is 4.87. The average molecular weight is 220 g/mol. The number of nitrogens with one attached hydrogen (secondary N) is 1. The quantitative estimate of drug-likeness (QED) is 0.811. The largest absolute Gasteiger partial charge is 0.384 e. The van der Waals surface area contributed by atoms with Gasteiger partial charge in [0.15, 0.2) is 0 Å². The minimum absolute atomic E-state index is 0.150. The van der Waals surface area contributed by atoms with E-state index in [0.29, 0.717) is 6.54 Å². The highest BCUT2D eigenvalue weighted by Gasteiger charge is 2.36. The second kappa shape index (κ2) is 4.44. The van der Waals surface area contributed by atoms with Crippen LogP contribution in [-0.2, 0) is 4.74 Å². The molecule has 88 valence electrons. The maximum Gasteiger partial charge on any atom is 0.0574 e. The Morgan fingerprint density at radius 3 is 2.62 bits per heavy atom. The molecular weight excluding hydrogens is 200 g/mol. The molecule has 0 aromatic heterocycles. The third-order valence-corrected chi connectivity index (χ3v) is 3.29. The van der Waals surface area contributed by atoms with Crippen molar-refractivity contribution in [2.45, 2.75) is 13.8 Å². The van der Waals surface area contributed by atoms with Gasteiger partial charge in [0.25, 0.3) is 0 Å². The molecule has 1 aromatic carbocycles. The van der Waals surface area contributed by atoms with Crippen LogP contribution in [0, 0.1) is 19.3 Å². The van der Waals surface area contributed by atoms with Crippen LogP contribution in [0.3, 0.4) is 0 Å². The number of nitrogens with two attached hydrogens (primary N) is 1. The number of rotatable bonds is 4. The van der Waals surface area contributed by atoms with Crippen LogP contribution in [0.15, 0.2) is 18.2 Å². The van der Waals surface area contributed by atoms with E-state index in [-0.39, 0.29) is 5.41 Å². The normalized spacial score (nSPS) is 17.9. The van der Waals surface area contributed by atoms with Gasteiger partial charge in [-0.15, -0.1) is 0 Å². The van der Waals surface area contributed by atoms with E-state index in [4.69, 9.17) is 10.5 Å². The SMILES string of the molecule is Cc1ccc(NCC2(CN)COC2)c(C)c1. The Balaban J connectivity index is 1.99. The van der Waals surface area contributed by atoms with Crippen LogP contribution in [0.5, 0.6) is 0 Å². The fraction of sp³-hybridized carbons (Fsp3) is 0.538. The van der Waals surface area contributed by atoms with Gasteiger partial charge in [0.1, 0.15) is 0 Å². The van der Waals surface area contributed by atoms with E-state index in [0.717, 1.165) is 19.8 Å². The number of benzene rings is 1. The minimum atomic E-state index is 0.150. The molecule has 1 aliphatic heterocycles. The Bertz CT molecular complexity index is 367. The van der Waals surface area contributed by atoms with Crippen LogP contribution in [-0.4, -0.2) is 26.3 Å². The lowest BCUT2D eigenvalue weighted by Crippen LogP contribution is -2.52. The molecule has 0 bridgehead atoms. The lowest BCUT2D eigenvalue weighted by Gasteiger charge is -2.40. The zero-order valence-electron chi connectivity index (χ0n) is 10.0. The Morgan fingerprint density at radius 2 is 2.12 bits per heavy atom. The molecule has 1 saturated heterocycles. The van der Waals surface area contributed by atoms with Gasteiger partial charge in [0.05, 0.1) is 13.2 Å². The molecule has 2 rings (SSSR count). The van der Waals surface area contributed by atoms with Crippen molar-refractivity contribution in [3.05, 3.63) is 29.3 Å². The van der Waals surface area contributed by atoms with Gasteiger partial charge in [-0.25, -0.2) is 0 Å². The van der Waals surface area contributed by atoms with Gasteiger partial charge in [-0.05, 0) is 25.5 Å². The second-order valence-corrected chi connectivity index (χ2v) is 4.87. The summed E-state index contributed by atoms with van der Waals surface area (Å²) >= 11 is 0. The summed E-state index contributed by atoms with van der Waals surface area (Å²) in [6.07, 6.45) is 0. The molecule has 1 aromatic rings. The van der Waals surface area contributed by atoms with E-state index in [1.165, 1.54) is 16.8 Å². The Kier molecular flexibility index (Phi) is 3.17. The zero-order valence-corrected chi connectivity index (χ0v) is 10.0. The summed E-state index contributed by atoms with van der Waals surface area (Å²) in [5.41, 5.74) is 9.70. The van der Waals surface area contributed by atoms with Crippen molar-refractivity contribution in [2.75, 3.05) is 31.6 Å². The van der Waals surface area contributed by atoms with E-state index in [9.17, 15) is 0 Å². The van der Waals surface area contributed by atoms with Crippen LogP contribution >= 0.6 is 0 Å². The van der Waals surface area contributed by atoms with Gasteiger partial charge in [-0.1, -0.05) is 17.7 Å². The number of aryl methyl sites for hydroxylation is 2. The summed E-state index contributed by atoms with van der Waals surface area (Å²) in [5, 5.41) is 3.47. The standard InChI is InChI=1S/C13H20N2O/c1-10-3-4-12(11(2)5-10)15-7-13(6-14)8-16-9-13/h3-5,15H,6-9,14H2,1-2H3. The molecule has 1 fully saturated rings. The predicted molar refractivity (Wildman–Crippen MR) is 66.7 cm³/mol. The Morgan fingerprint density at radius 1 is 1.38 bits per heavy atom. The first-order chi connectivity index (χ1) is 7.65. The summed E-state index contributed by atoms with van der Waals surface area (Å²) in [4.78, 5) is 0. The van der Waals surface area contributed by atoms with Gasteiger partial charge >= 0.3 is 0 Å². The van der Waals surface area contributed by atoms with Gasteiger partial charge in [0.2, 0.25) is 0 Å². The summed E-state index contributed by atoms with van der Waals surface area (Å²) in [5.74, 6) is 0. The zero-order chi connectivity index (χ0) is 11.6. The third-order valence-electron chi connectivity index (χ3n) is 3.29. The lowest BCUT2D eigenvalue weighted by atomic mass is 9.86. The highest BCUT2D eigenvalue weighted by atomic mass is 16.5. The van der Waals surface area contributed by atoms with Crippen molar-refractivity contribution in [1.29, 1.82) is 0 Å². The van der Waals surface area contributed by atoms with E-state index < -0.39 is 0 Å². The van der Waals surface area contributed by atoms with Crippen molar-refractivity contribution < 1.29 is 4.74 Å². The number of hydrogen-bond acceptors (Lipinski definition) is 3. The van der Waals surface area contributed by atoms with Gasteiger partial charge in [-0.2, -0.15) is 0 Å². The lowest BCUT2D eigenvalue weighted by molar-refractivity contribution is -0.0979. The monoisotopic (exact) mass is 220 g/mol. The molecule has 3 nitrogen and oxygen atoms in total. The number of anilines is 1. The fourth-order valence-corrected chi connectivity index (χ4v) is 1.98. The Labute approximate surface area is 97.0 Å². The molecule has 0 radical (unpaired) electrons. The average Bonchev–Trinajstić information content (AvgIpc) is 2.19. The van der Waals surface area contributed by atoms with Crippen molar-refractivity contribution in [1.82, 2.24) is 0 Å². The molecule has 0 amide bonds. The molecule has 0 aliphatic carbocycles. The molecule has 0 spiro atoms. The first kappa shape index (κ1) is 11.4. The summed E-state index contributed by atoms with van der Waals surface area (Å²) in [7, 11) is 0. The molecule has 1 aliphatic rings. The van der Waals surface area contributed by atoms with Crippen molar-refractivity contribution in [2.24, 2.45) is 11.1 Å². The third kappa shape index (κ3) is 2.20. The van der Waals surface area contributed by atoms with Gasteiger partial charge < -0.3 is 15.8 Å². The minimum Gasteiger partial charge on any atom is -0.384 e. The number of hydrogen-bond donors (Lipinski definition) is 2. The van der Waals surface area contributed by atoms with Gasteiger partial charge in [-0.3, -0.25) is 0 Å². The van der Waals surface area contributed by atoms with E-state index in [1.54, 1.807) is 0 Å². The highest BCUT2D eigenvalue weighted by molar-refractivity contribution is 5.52. The van der Waals surface area contributed by atoms with Gasteiger partial charge in [0, 0.05) is 24.2 Å². The molecule has 16 heavy (non-hydrogen) atoms. The van der Waals surface area contributed by atoms with Crippen LogP contribution in [0.2, 0.25) is 0 Å². The fourth-order valence-electron chi connectivity index (χ4n) is 1.98. The van der Waals surface area contributed by atoms with Crippen molar-refractivity contribution in [3.8, 4) is 0 Å². The van der Waals surface area contributed by atoms with Crippen LogP contribution in [0.4, 0.5) is 5.69 Å². The molecular formula is C13H20N2O. The maximum absolute atomic E-state index is 5.78. The summed E-state index contributed by atoms with van der Waals surface area (Å²) in [6, 6.07) is 6.45. The molecule has 0 atom stereocenters. The molecule has 0 unspecified atom stereocenters. The highest BCUT2D eigenvalue weighted by Crippen LogP contribution is 2.27. The van der Waals surface area contributed by atoms with Crippen LogP contribution in [0.25, 0.3) is 0 Å². The van der Waals surface area contributed by atoms with Crippen LogP contribution in [0.1, 0.15) is 11.1 Å². The molecule has 3 heteroatoms. The van der Waals surface area contributed by atoms with E-state index >= 15 is 0 Å². The Hall–Kier alpha value is -1.06. The summed E-state index contributed by atoms with van der Waals surface area (Å²) < 4.78 is 5.25. The maximum atomic E-state index is 5.78. The number of ether oxygens (including phenoxy) is 1. The summed E-state index contributed by atoms with van der Waals surface area (Å²) in [6.45, 7) is 7.38. The van der Waals surface area contributed by atoms with Crippen molar-refractivity contribution >= 4 is 5.69 Å². The van der Waals surface area contributed by atoms with E-state index in [2.05, 4.69) is 37.4 Å². The smallest absolute Gasteiger partial charge is 0.0574 e. The molecule has 1 heterocycles. The first-order valence-corrected chi connectivity index (χ1v) is 5.74. The first-order valence-electron chi connectivity index (χ1n) is 5.74. The van der Waals surface area contributed by atoms with Crippen LogP contribution < -0.4 is 11.1 Å². The van der Waals surface area contributed by atoms with E-state index in [1.807, 2.05) is 0 Å². The molecule has 3 N–H and O–H groups in total. The topological polar surface area (TPSA) is 47.3 Å². The van der Waals surface area contributed by atoms with Crippen molar-refractivity contribution in [3.63, 3.8) is 0 Å².